The zero-order chi connectivity index (χ0) is 10.3. The van der Waals surface area contributed by atoms with Crippen molar-refractivity contribution in [1.82, 2.24) is 15.5 Å². The SMILES string of the molecule is NC(=O)N(CO)CNC(=O)NCO. The highest BCUT2D eigenvalue weighted by Gasteiger charge is 2.08. The van der Waals surface area contributed by atoms with Crippen molar-refractivity contribution >= 4 is 12.1 Å². The van der Waals surface area contributed by atoms with Gasteiger partial charge in [-0.05, 0) is 0 Å². The Hall–Kier alpha value is -1.54. The average molecular weight is 192 g/mol. The molecule has 0 bridgehead atoms. The minimum atomic E-state index is -0.855. The van der Waals surface area contributed by atoms with Crippen LogP contribution in [0.15, 0.2) is 0 Å². The Bertz CT molecular complexity index is 185. The predicted octanol–water partition coefficient (Wildman–Crippen LogP) is -2.48. The molecule has 8 heteroatoms. The Labute approximate surface area is 74.3 Å². The van der Waals surface area contributed by atoms with Gasteiger partial charge >= 0.3 is 12.1 Å². The summed E-state index contributed by atoms with van der Waals surface area (Å²) in [6.07, 6.45) is 0. The Morgan fingerprint density at radius 2 is 1.92 bits per heavy atom. The highest BCUT2D eigenvalue weighted by atomic mass is 16.3. The molecule has 0 spiro atoms. The minimum Gasteiger partial charge on any atom is -0.376 e. The molecule has 0 aromatic carbocycles. The van der Waals surface area contributed by atoms with E-state index in [0.717, 1.165) is 4.90 Å². The monoisotopic (exact) mass is 192 g/mol. The number of rotatable bonds is 4. The molecule has 0 unspecified atom stereocenters. The molecule has 0 aliphatic heterocycles. The maximum atomic E-state index is 10.6. The average Bonchev–Trinajstić information content (AvgIpc) is 2.05. The summed E-state index contributed by atoms with van der Waals surface area (Å²) in [7, 11) is 0. The zero-order valence-electron chi connectivity index (χ0n) is 6.86. The molecule has 0 aliphatic rings. The number of hydrogen-bond donors (Lipinski definition) is 5. The molecular formula is C5H12N4O4. The number of nitrogens with one attached hydrogen (secondary N) is 2. The van der Waals surface area contributed by atoms with Crippen molar-refractivity contribution in [2.45, 2.75) is 0 Å². The molecule has 0 atom stereocenters. The van der Waals surface area contributed by atoms with Crippen molar-refractivity contribution in [2.24, 2.45) is 5.73 Å². The van der Waals surface area contributed by atoms with Crippen LogP contribution in [0.1, 0.15) is 0 Å². The van der Waals surface area contributed by atoms with Crippen LogP contribution in [0.25, 0.3) is 0 Å². The van der Waals surface area contributed by atoms with Crippen LogP contribution in [0, 0.1) is 0 Å². The van der Waals surface area contributed by atoms with Gasteiger partial charge in [-0.3, -0.25) is 4.90 Å². The first-order valence-electron chi connectivity index (χ1n) is 3.39. The lowest BCUT2D eigenvalue weighted by Gasteiger charge is -2.17. The zero-order valence-corrected chi connectivity index (χ0v) is 6.86. The van der Waals surface area contributed by atoms with Gasteiger partial charge in [0.25, 0.3) is 0 Å². The van der Waals surface area contributed by atoms with E-state index < -0.39 is 25.5 Å². The van der Waals surface area contributed by atoms with E-state index in [0.29, 0.717) is 0 Å². The summed E-state index contributed by atoms with van der Waals surface area (Å²) in [6.45, 7) is -1.33. The summed E-state index contributed by atoms with van der Waals surface area (Å²) < 4.78 is 0. The minimum absolute atomic E-state index is 0.225. The number of carbonyl (C=O) groups is 2. The molecule has 4 amide bonds. The van der Waals surface area contributed by atoms with Gasteiger partial charge < -0.3 is 26.6 Å². The molecule has 0 saturated carbocycles. The van der Waals surface area contributed by atoms with E-state index in [1.807, 2.05) is 5.32 Å². The van der Waals surface area contributed by atoms with Crippen molar-refractivity contribution in [3.8, 4) is 0 Å². The van der Waals surface area contributed by atoms with Gasteiger partial charge in [-0.1, -0.05) is 0 Å². The number of nitrogens with zero attached hydrogens (tertiary/aromatic N) is 1. The largest absolute Gasteiger partial charge is 0.376 e. The topological polar surface area (TPSA) is 128 Å². The third-order valence-electron chi connectivity index (χ3n) is 1.15. The van der Waals surface area contributed by atoms with E-state index in [9.17, 15) is 9.59 Å². The fraction of sp³-hybridized carbons (Fsp3) is 0.600. The van der Waals surface area contributed by atoms with Crippen LogP contribution >= 0.6 is 0 Å². The summed E-state index contributed by atoms with van der Waals surface area (Å²) in [6, 6.07) is -1.52. The lowest BCUT2D eigenvalue weighted by atomic mass is 10.7. The summed E-state index contributed by atoms with van der Waals surface area (Å²) >= 11 is 0. The molecule has 0 saturated heterocycles. The standard InChI is InChI=1S/C5H12N4O4/c6-4(12)9(3-11)1-7-5(13)8-2-10/h10-11H,1-3H2,(H2,6,12)(H2,7,8,13). The Kier molecular flexibility index (Phi) is 5.32. The van der Waals surface area contributed by atoms with E-state index in [4.69, 9.17) is 15.9 Å². The number of nitrogens with two attached hydrogens (primary N) is 1. The van der Waals surface area contributed by atoms with Crippen molar-refractivity contribution < 1.29 is 19.8 Å². The molecule has 76 valence electrons. The van der Waals surface area contributed by atoms with Gasteiger partial charge in [-0.15, -0.1) is 0 Å². The van der Waals surface area contributed by atoms with Gasteiger partial charge in [0.2, 0.25) is 0 Å². The second kappa shape index (κ2) is 6.03. The summed E-state index contributed by atoms with van der Waals surface area (Å²) in [4.78, 5) is 21.9. The van der Waals surface area contributed by atoms with E-state index in [-0.39, 0.29) is 6.67 Å². The summed E-state index contributed by atoms with van der Waals surface area (Å²) in [5.41, 5.74) is 4.81. The number of primary amides is 1. The van der Waals surface area contributed by atoms with Crippen molar-refractivity contribution in [3.63, 3.8) is 0 Å². The van der Waals surface area contributed by atoms with E-state index >= 15 is 0 Å². The molecule has 0 radical (unpaired) electrons. The predicted molar refractivity (Wildman–Crippen MR) is 42.1 cm³/mol. The third-order valence-corrected chi connectivity index (χ3v) is 1.15. The first-order valence-corrected chi connectivity index (χ1v) is 3.39. The van der Waals surface area contributed by atoms with Crippen LogP contribution in [0.3, 0.4) is 0 Å². The first-order chi connectivity index (χ1) is 6.11. The van der Waals surface area contributed by atoms with Gasteiger partial charge in [-0.25, -0.2) is 9.59 Å². The van der Waals surface area contributed by atoms with Crippen LogP contribution in [0.2, 0.25) is 0 Å². The van der Waals surface area contributed by atoms with Crippen LogP contribution in [0.5, 0.6) is 0 Å². The number of aliphatic hydroxyl groups excluding tert-OH is 2. The smallest absolute Gasteiger partial charge is 0.318 e. The van der Waals surface area contributed by atoms with Crippen LogP contribution in [0.4, 0.5) is 9.59 Å². The second-order valence-electron chi connectivity index (χ2n) is 2.02. The fourth-order valence-electron chi connectivity index (χ4n) is 0.499. The maximum Gasteiger partial charge on any atom is 0.318 e. The number of hydrogen-bond acceptors (Lipinski definition) is 4. The van der Waals surface area contributed by atoms with Gasteiger partial charge in [0.05, 0.1) is 6.67 Å². The van der Waals surface area contributed by atoms with Crippen LogP contribution in [-0.4, -0.2) is 47.3 Å². The maximum absolute atomic E-state index is 10.6. The Balaban J connectivity index is 3.72. The summed E-state index contributed by atoms with van der Waals surface area (Å²) in [5, 5.41) is 21.0. The fourth-order valence-corrected chi connectivity index (χ4v) is 0.499. The van der Waals surface area contributed by atoms with Gasteiger partial charge in [0.1, 0.15) is 13.5 Å². The molecule has 6 N–H and O–H groups in total. The molecule has 0 fully saturated rings. The van der Waals surface area contributed by atoms with E-state index in [1.165, 1.54) is 0 Å². The molecule has 0 heterocycles. The summed E-state index contributed by atoms with van der Waals surface area (Å²) in [5.74, 6) is 0. The molecule has 0 rings (SSSR count). The normalized spacial score (nSPS) is 9.08. The van der Waals surface area contributed by atoms with Crippen molar-refractivity contribution in [1.29, 1.82) is 0 Å². The molecule has 8 nitrogen and oxygen atoms in total. The van der Waals surface area contributed by atoms with Crippen molar-refractivity contribution in [2.75, 3.05) is 20.1 Å². The second-order valence-corrected chi connectivity index (χ2v) is 2.02. The lowest BCUT2D eigenvalue weighted by Crippen LogP contribution is -2.47. The van der Waals surface area contributed by atoms with Crippen LogP contribution in [-0.2, 0) is 0 Å². The van der Waals surface area contributed by atoms with Crippen molar-refractivity contribution in [3.05, 3.63) is 0 Å². The number of amides is 4. The van der Waals surface area contributed by atoms with E-state index in [1.54, 1.807) is 0 Å². The number of aliphatic hydroxyl groups is 2. The molecule has 0 aromatic rings. The quantitative estimate of drug-likeness (QED) is 0.316. The molecule has 0 aliphatic carbocycles. The first kappa shape index (κ1) is 11.5. The van der Waals surface area contributed by atoms with Gasteiger partial charge in [-0.2, -0.15) is 0 Å². The molecular weight excluding hydrogens is 180 g/mol. The Morgan fingerprint density at radius 1 is 1.31 bits per heavy atom. The lowest BCUT2D eigenvalue weighted by molar-refractivity contribution is 0.123. The van der Waals surface area contributed by atoms with Gasteiger partial charge in [0.15, 0.2) is 0 Å². The van der Waals surface area contributed by atoms with Gasteiger partial charge in [0, 0.05) is 0 Å². The molecule has 13 heavy (non-hydrogen) atoms. The molecule has 0 aromatic heterocycles. The highest BCUT2D eigenvalue weighted by Crippen LogP contribution is 1.81. The number of urea groups is 2. The van der Waals surface area contributed by atoms with Crippen LogP contribution < -0.4 is 16.4 Å². The number of carbonyl (C=O) groups excluding carboxylic acids is 2. The van der Waals surface area contributed by atoms with E-state index in [2.05, 4.69) is 5.32 Å². The third kappa shape index (κ3) is 4.82. The Morgan fingerprint density at radius 3 is 2.31 bits per heavy atom. The highest BCUT2D eigenvalue weighted by molar-refractivity contribution is 5.75.